The van der Waals surface area contributed by atoms with Gasteiger partial charge in [-0.05, 0) is 54.9 Å². The number of sulfonamides is 1. The molecule has 3 aliphatic carbocycles. The normalized spacial score (nSPS) is 33.9. The fourth-order valence-electron chi connectivity index (χ4n) is 7.32. The van der Waals surface area contributed by atoms with Gasteiger partial charge < -0.3 is 0 Å². The van der Waals surface area contributed by atoms with Crippen LogP contribution in [0.4, 0.5) is 0 Å². The summed E-state index contributed by atoms with van der Waals surface area (Å²) in [6.07, 6.45) is 7.96. The molecule has 0 aromatic heterocycles. The third-order valence-electron chi connectivity index (χ3n) is 9.31. The van der Waals surface area contributed by atoms with Crippen LogP contribution < -0.4 is 5.48 Å². The van der Waals surface area contributed by atoms with Gasteiger partial charge in [0.1, 0.15) is 6.04 Å². The van der Waals surface area contributed by atoms with E-state index in [0.717, 1.165) is 50.5 Å². The van der Waals surface area contributed by atoms with Gasteiger partial charge >= 0.3 is 0 Å². The molecule has 1 aliphatic heterocycles. The van der Waals surface area contributed by atoms with E-state index in [2.05, 4.69) is 19.3 Å². The van der Waals surface area contributed by atoms with E-state index in [0.29, 0.717) is 12.5 Å². The van der Waals surface area contributed by atoms with Crippen LogP contribution in [0.15, 0.2) is 30.3 Å². The van der Waals surface area contributed by atoms with Gasteiger partial charge in [-0.25, -0.2) is 12.7 Å². The van der Waals surface area contributed by atoms with E-state index in [1.165, 1.54) is 10.7 Å². The first-order chi connectivity index (χ1) is 15.3. The van der Waals surface area contributed by atoms with Crippen molar-refractivity contribution < 1.29 is 18.0 Å². The predicted molar refractivity (Wildman–Crippen MR) is 123 cm³/mol. The van der Waals surface area contributed by atoms with Gasteiger partial charge in [-0.1, -0.05) is 63.4 Å². The molecule has 4 fully saturated rings. The van der Waals surface area contributed by atoms with E-state index in [1.54, 1.807) is 0 Å². The lowest BCUT2D eigenvalue weighted by molar-refractivity contribution is -0.139. The molecule has 5 rings (SSSR count). The van der Waals surface area contributed by atoms with Crippen LogP contribution in [0, 0.1) is 22.7 Å². The van der Waals surface area contributed by atoms with E-state index >= 15 is 0 Å². The van der Waals surface area contributed by atoms with Crippen LogP contribution in [-0.4, -0.2) is 36.5 Å². The summed E-state index contributed by atoms with van der Waals surface area (Å²) in [6.45, 7) is 4.77. The Morgan fingerprint density at radius 3 is 2.56 bits per heavy atom. The molecule has 4 atom stereocenters. The van der Waals surface area contributed by atoms with Crippen LogP contribution in [0.2, 0.25) is 0 Å². The van der Waals surface area contributed by atoms with E-state index < -0.39 is 16.1 Å². The fourth-order valence-corrected chi connectivity index (χ4v) is 9.88. The highest BCUT2D eigenvalue weighted by Crippen LogP contribution is 2.70. The Kier molecular flexibility index (Phi) is 5.66. The van der Waals surface area contributed by atoms with Crippen molar-refractivity contribution in [1.29, 1.82) is 0 Å². The van der Waals surface area contributed by atoms with E-state index in [-0.39, 0.29) is 34.4 Å². The lowest BCUT2D eigenvalue weighted by Gasteiger charge is -2.38. The number of rotatable bonds is 6. The molecule has 6 nitrogen and oxygen atoms in total. The lowest BCUT2D eigenvalue weighted by Crippen LogP contribution is -2.54. The zero-order chi connectivity index (χ0) is 22.6. The van der Waals surface area contributed by atoms with Crippen LogP contribution in [0.3, 0.4) is 0 Å². The largest absolute Gasteiger partial charge is 0.296 e. The van der Waals surface area contributed by atoms with Gasteiger partial charge in [-0.2, -0.15) is 5.48 Å². The molecule has 1 aromatic carbocycles. The average molecular weight is 461 g/mol. The molecule has 0 radical (unpaired) electrons. The number of nitrogens with one attached hydrogen (secondary N) is 1. The minimum Gasteiger partial charge on any atom is -0.296 e. The SMILES string of the molecule is CC1(C)[C@H]2CC[C@@]13CS(=O)(=O)N(C(=O)[C@H](NOCc1ccccc1)C1CCCCC1)[C@H]3C2. The molecule has 1 saturated heterocycles. The summed E-state index contributed by atoms with van der Waals surface area (Å²) in [5, 5.41) is 0. The molecular weight excluding hydrogens is 424 g/mol. The zero-order valence-electron chi connectivity index (χ0n) is 19.3. The number of benzene rings is 1. The quantitative estimate of drug-likeness (QED) is 0.649. The third kappa shape index (κ3) is 3.43. The molecule has 176 valence electrons. The molecule has 1 spiro atoms. The number of carbonyl (C=O) groups excluding carboxylic acids is 1. The summed E-state index contributed by atoms with van der Waals surface area (Å²) in [6, 6.07) is 9.00. The maximum Gasteiger partial charge on any atom is 0.256 e. The van der Waals surface area contributed by atoms with Crippen molar-refractivity contribution in [3.63, 3.8) is 0 Å². The van der Waals surface area contributed by atoms with Crippen LogP contribution >= 0.6 is 0 Å². The standard InChI is InChI=1S/C25H36N2O4S/c1-24(2)20-13-14-25(24)17-32(29,30)27(21(25)15-20)23(28)22(19-11-7-4-8-12-19)26-31-16-18-9-5-3-6-10-18/h3,5-6,9-10,19-22,26H,4,7-8,11-17H2,1-2H3/t20-,21-,22+,25-/m0/s1. The van der Waals surface area contributed by atoms with Gasteiger partial charge in [0.25, 0.3) is 5.91 Å². The van der Waals surface area contributed by atoms with Gasteiger partial charge in [0, 0.05) is 5.41 Å². The maximum absolute atomic E-state index is 13.9. The third-order valence-corrected chi connectivity index (χ3v) is 11.2. The Balaban J connectivity index is 1.39. The second-order valence-electron chi connectivity index (χ2n) is 11.0. The Hall–Kier alpha value is -1.44. The van der Waals surface area contributed by atoms with E-state index in [9.17, 15) is 13.2 Å². The molecule has 32 heavy (non-hydrogen) atoms. The summed E-state index contributed by atoms with van der Waals surface area (Å²) in [7, 11) is -3.63. The van der Waals surface area contributed by atoms with Crippen molar-refractivity contribution in [2.24, 2.45) is 22.7 Å². The van der Waals surface area contributed by atoms with E-state index in [1.807, 2.05) is 30.3 Å². The highest BCUT2D eigenvalue weighted by molar-refractivity contribution is 7.90. The van der Waals surface area contributed by atoms with Crippen LogP contribution in [-0.2, 0) is 26.3 Å². The summed E-state index contributed by atoms with van der Waals surface area (Å²) in [4.78, 5) is 19.7. The number of amides is 1. The van der Waals surface area contributed by atoms with Crippen molar-refractivity contribution in [2.45, 2.75) is 83.9 Å². The summed E-state index contributed by atoms with van der Waals surface area (Å²) >= 11 is 0. The highest BCUT2D eigenvalue weighted by atomic mass is 32.2. The van der Waals surface area contributed by atoms with Gasteiger partial charge in [0.15, 0.2) is 0 Å². The van der Waals surface area contributed by atoms with Gasteiger partial charge in [0.2, 0.25) is 10.0 Å². The lowest BCUT2D eigenvalue weighted by atomic mass is 9.69. The molecule has 0 unspecified atom stereocenters. The second-order valence-corrected chi connectivity index (χ2v) is 12.9. The Bertz CT molecular complexity index is 957. The molecule has 2 bridgehead atoms. The van der Waals surface area contributed by atoms with Crippen LogP contribution in [0.1, 0.15) is 70.8 Å². The van der Waals surface area contributed by atoms with Crippen LogP contribution in [0.5, 0.6) is 0 Å². The molecule has 4 aliphatic rings. The van der Waals surface area contributed by atoms with Gasteiger partial charge in [0.05, 0.1) is 18.4 Å². The first-order valence-electron chi connectivity index (χ1n) is 12.2. The van der Waals surface area contributed by atoms with E-state index in [4.69, 9.17) is 4.84 Å². The number of hydroxylamine groups is 1. The van der Waals surface area contributed by atoms with Crippen molar-refractivity contribution in [3.05, 3.63) is 35.9 Å². The summed E-state index contributed by atoms with van der Waals surface area (Å²) in [5.74, 6) is 0.414. The van der Waals surface area contributed by atoms with Crippen molar-refractivity contribution in [1.82, 2.24) is 9.79 Å². The molecule has 3 saturated carbocycles. The van der Waals surface area contributed by atoms with Gasteiger partial charge in [-0.15, -0.1) is 0 Å². The number of carbonyl (C=O) groups is 1. The molecule has 1 amide bonds. The molecule has 1 N–H and O–H groups in total. The monoisotopic (exact) mass is 460 g/mol. The number of nitrogens with zero attached hydrogens (tertiary/aromatic N) is 1. The van der Waals surface area contributed by atoms with Crippen molar-refractivity contribution in [3.8, 4) is 0 Å². The molecule has 1 aromatic rings. The number of hydrogen-bond donors (Lipinski definition) is 1. The number of fused-ring (bicyclic) bond motifs is 1. The molecule has 1 heterocycles. The predicted octanol–water partition coefficient (Wildman–Crippen LogP) is 4.02. The Labute approximate surface area is 192 Å². The minimum absolute atomic E-state index is 0.0443. The zero-order valence-corrected chi connectivity index (χ0v) is 20.1. The highest BCUT2D eigenvalue weighted by Gasteiger charge is 2.72. The second kappa shape index (κ2) is 8.10. The van der Waals surface area contributed by atoms with Crippen molar-refractivity contribution in [2.75, 3.05) is 5.75 Å². The number of hydrogen-bond acceptors (Lipinski definition) is 5. The summed E-state index contributed by atoms with van der Waals surface area (Å²) in [5.41, 5.74) is 3.71. The first kappa shape index (κ1) is 22.4. The first-order valence-corrected chi connectivity index (χ1v) is 13.8. The van der Waals surface area contributed by atoms with Crippen LogP contribution in [0.25, 0.3) is 0 Å². The molecular formula is C25H36N2O4S. The van der Waals surface area contributed by atoms with Crippen molar-refractivity contribution >= 4 is 15.9 Å². The average Bonchev–Trinajstić information content (AvgIpc) is 3.25. The minimum atomic E-state index is -3.63. The Morgan fingerprint density at radius 2 is 1.88 bits per heavy atom. The summed E-state index contributed by atoms with van der Waals surface area (Å²) < 4.78 is 28.1. The maximum atomic E-state index is 13.9. The van der Waals surface area contributed by atoms with Gasteiger partial charge in [-0.3, -0.25) is 9.63 Å². The molecule has 7 heteroatoms. The topological polar surface area (TPSA) is 75.7 Å². The smallest absolute Gasteiger partial charge is 0.256 e. The Morgan fingerprint density at radius 1 is 1.16 bits per heavy atom. The fraction of sp³-hybridized carbons (Fsp3) is 0.720.